The predicted molar refractivity (Wildman–Crippen MR) is 106 cm³/mol. The summed E-state index contributed by atoms with van der Waals surface area (Å²) < 4.78 is 6.64. The number of benzene rings is 1. The van der Waals surface area contributed by atoms with Crippen LogP contribution in [-0.2, 0) is 19.3 Å². The van der Waals surface area contributed by atoms with Crippen LogP contribution < -0.4 is 10.3 Å². The number of hydrogen-bond donors (Lipinski definition) is 0. The maximum absolute atomic E-state index is 13.2. The monoisotopic (exact) mass is 367 g/mol. The van der Waals surface area contributed by atoms with Crippen molar-refractivity contribution in [1.82, 2.24) is 9.66 Å². The maximum Gasteiger partial charge on any atom is 0.283 e. The molecule has 0 N–H and O–H groups in total. The number of ether oxygens (including phenoxy) is 1. The van der Waals surface area contributed by atoms with Gasteiger partial charge >= 0.3 is 0 Å². The van der Waals surface area contributed by atoms with Crippen LogP contribution in [0.25, 0.3) is 10.2 Å². The van der Waals surface area contributed by atoms with Gasteiger partial charge in [-0.1, -0.05) is 6.92 Å². The van der Waals surface area contributed by atoms with Crippen LogP contribution in [0.5, 0.6) is 5.75 Å². The van der Waals surface area contributed by atoms with Gasteiger partial charge in [-0.25, -0.2) is 4.98 Å². The van der Waals surface area contributed by atoms with Crippen LogP contribution in [0, 0.1) is 0 Å². The number of rotatable bonds is 4. The Balaban J connectivity index is 1.81. The van der Waals surface area contributed by atoms with Crippen molar-refractivity contribution in [2.45, 2.75) is 39.0 Å². The molecule has 1 aromatic carbocycles. The molecule has 0 bridgehead atoms. The molecule has 0 fully saturated rings. The number of nitrogens with zero attached hydrogens (tertiary/aromatic N) is 3. The third-order valence-corrected chi connectivity index (χ3v) is 5.97. The Labute approximate surface area is 156 Å². The van der Waals surface area contributed by atoms with Crippen molar-refractivity contribution < 1.29 is 4.74 Å². The van der Waals surface area contributed by atoms with E-state index in [9.17, 15) is 4.79 Å². The predicted octanol–water partition coefficient (Wildman–Crippen LogP) is 3.79. The van der Waals surface area contributed by atoms with E-state index in [0.29, 0.717) is 12.2 Å². The van der Waals surface area contributed by atoms with Gasteiger partial charge in [-0.3, -0.25) is 4.79 Å². The molecule has 3 aromatic rings. The summed E-state index contributed by atoms with van der Waals surface area (Å²) in [5, 5.41) is 5.23. The number of hydrogen-bond acceptors (Lipinski definition) is 5. The minimum absolute atomic E-state index is 0.0454. The molecule has 0 spiro atoms. The fourth-order valence-corrected chi connectivity index (χ4v) is 4.67. The Bertz CT molecular complexity index is 1030. The molecule has 0 saturated carbocycles. The topological polar surface area (TPSA) is 56.5 Å². The molecule has 134 valence electrons. The lowest BCUT2D eigenvalue weighted by molar-refractivity contribution is 0.415. The average molecular weight is 367 g/mol. The van der Waals surface area contributed by atoms with Crippen molar-refractivity contribution in [1.29, 1.82) is 0 Å². The number of aromatic nitrogens is 2. The molecule has 0 radical (unpaired) electrons. The average Bonchev–Trinajstić information content (AvgIpc) is 3.06. The highest BCUT2D eigenvalue weighted by atomic mass is 32.1. The zero-order valence-electron chi connectivity index (χ0n) is 15.0. The first-order valence-electron chi connectivity index (χ1n) is 8.96. The van der Waals surface area contributed by atoms with Gasteiger partial charge in [-0.2, -0.15) is 9.78 Å². The van der Waals surface area contributed by atoms with E-state index in [1.807, 2.05) is 31.2 Å². The number of methoxy groups -OCH3 is 1. The number of thiophene rings is 1. The molecule has 5 nitrogen and oxygen atoms in total. The Morgan fingerprint density at radius 1 is 1.27 bits per heavy atom. The SMILES string of the molecule is CCc1nc2sc3c(c2c(=O)n1/N=C/c1ccc(OC)cc1)CCCC3. The smallest absolute Gasteiger partial charge is 0.283 e. The summed E-state index contributed by atoms with van der Waals surface area (Å²) in [4.78, 5) is 20.1. The summed E-state index contributed by atoms with van der Waals surface area (Å²) in [5.74, 6) is 1.49. The summed E-state index contributed by atoms with van der Waals surface area (Å²) in [5.41, 5.74) is 2.06. The Kier molecular flexibility index (Phi) is 4.59. The summed E-state index contributed by atoms with van der Waals surface area (Å²) in [7, 11) is 1.64. The third-order valence-electron chi connectivity index (χ3n) is 4.79. The van der Waals surface area contributed by atoms with E-state index in [0.717, 1.165) is 40.8 Å². The first-order valence-corrected chi connectivity index (χ1v) is 9.77. The summed E-state index contributed by atoms with van der Waals surface area (Å²) >= 11 is 1.68. The highest BCUT2D eigenvalue weighted by Crippen LogP contribution is 2.33. The Hall–Kier alpha value is -2.47. The van der Waals surface area contributed by atoms with E-state index in [1.165, 1.54) is 21.5 Å². The van der Waals surface area contributed by atoms with Crippen molar-refractivity contribution in [2.75, 3.05) is 7.11 Å². The molecule has 0 amide bonds. The van der Waals surface area contributed by atoms with Crippen LogP contribution in [0.4, 0.5) is 0 Å². The van der Waals surface area contributed by atoms with Crippen molar-refractivity contribution in [3.8, 4) is 5.75 Å². The van der Waals surface area contributed by atoms with Gasteiger partial charge in [-0.15, -0.1) is 11.3 Å². The molecule has 2 aromatic heterocycles. The molecule has 0 aliphatic heterocycles. The van der Waals surface area contributed by atoms with E-state index in [1.54, 1.807) is 24.7 Å². The standard InChI is InChI=1S/C20H21N3O2S/c1-3-17-22-19-18(15-6-4-5-7-16(15)26-19)20(24)23(17)21-12-13-8-10-14(25-2)11-9-13/h8-12H,3-7H2,1-2H3/b21-12+. The van der Waals surface area contributed by atoms with Gasteiger partial charge in [0.15, 0.2) is 0 Å². The first-order chi connectivity index (χ1) is 12.7. The maximum atomic E-state index is 13.2. The molecule has 0 saturated heterocycles. The van der Waals surface area contributed by atoms with Crippen LogP contribution in [0.2, 0.25) is 0 Å². The van der Waals surface area contributed by atoms with E-state index in [2.05, 4.69) is 5.10 Å². The van der Waals surface area contributed by atoms with Crippen molar-refractivity contribution >= 4 is 27.8 Å². The van der Waals surface area contributed by atoms with Crippen LogP contribution in [0.15, 0.2) is 34.2 Å². The zero-order chi connectivity index (χ0) is 18.1. The van der Waals surface area contributed by atoms with E-state index in [4.69, 9.17) is 9.72 Å². The lowest BCUT2D eigenvalue weighted by atomic mass is 9.97. The molecule has 2 heterocycles. The molecule has 1 aliphatic rings. The molecule has 4 rings (SSSR count). The highest BCUT2D eigenvalue weighted by molar-refractivity contribution is 7.18. The van der Waals surface area contributed by atoms with E-state index in [-0.39, 0.29) is 5.56 Å². The molecule has 1 aliphatic carbocycles. The van der Waals surface area contributed by atoms with Crippen molar-refractivity contribution in [2.24, 2.45) is 5.10 Å². The lowest BCUT2D eigenvalue weighted by Gasteiger charge is -2.10. The van der Waals surface area contributed by atoms with Gasteiger partial charge in [0.25, 0.3) is 5.56 Å². The molecule has 26 heavy (non-hydrogen) atoms. The molecule has 0 unspecified atom stereocenters. The largest absolute Gasteiger partial charge is 0.497 e. The van der Waals surface area contributed by atoms with Gasteiger partial charge in [-0.05, 0) is 61.1 Å². The fourth-order valence-electron chi connectivity index (χ4n) is 3.40. The molecule has 6 heteroatoms. The quantitative estimate of drug-likeness (QED) is 0.659. The van der Waals surface area contributed by atoms with E-state index >= 15 is 0 Å². The summed E-state index contributed by atoms with van der Waals surface area (Å²) in [6.45, 7) is 2.00. The summed E-state index contributed by atoms with van der Waals surface area (Å²) in [6.07, 6.45) is 6.74. The second-order valence-electron chi connectivity index (χ2n) is 6.41. The van der Waals surface area contributed by atoms with Crippen molar-refractivity contribution in [3.05, 3.63) is 56.4 Å². The minimum atomic E-state index is -0.0454. The number of fused-ring (bicyclic) bond motifs is 3. The van der Waals surface area contributed by atoms with Gasteiger partial charge in [0, 0.05) is 11.3 Å². The van der Waals surface area contributed by atoms with Crippen LogP contribution in [0.3, 0.4) is 0 Å². The van der Waals surface area contributed by atoms with Crippen LogP contribution in [-0.4, -0.2) is 23.0 Å². The number of aryl methyl sites for hydroxylation is 3. The Morgan fingerprint density at radius 3 is 2.77 bits per heavy atom. The third kappa shape index (κ3) is 2.94. The van der Waals surface area contributed by atoms with E-state index < -0.39 is 0 Å². The second kappa shape index (κ2) is 7.03. The minimum Gasteiger partial charge on any atom is -0.497 e. The highest BCUT2D eigenvalue weighted by Gasteiger charge is 2.21. The summed E-state index contributed by atoms with van der Waals surface area (Å²) in [6, 6.07) is 7.58. The molecular weight excluding hydrogens is 346 g/mol. The Morgan fingerprint density at radius 2 is 2.04 bits per heavy atom. The zero-order valence-corrected chi connectivity index (χ0v) is 15.8. The second-order valence-corrected chi connectivity index (χ2v) is 7.49. The van der Waals surface area contributed by atoms with Gasteiger partial charge in [0.1, 0.15) is 16.4 Å². The fraction of sp³-hybridized carbons (Fsp3) is 0.350. The first kappa shape index (κ1) is 17.0. The van der Waals surface area contributed by atoms with Gasteiger partial charge in [0.05, 0.1) is 18.7 Å². The van der Waals surface area contributed by atoms with Crippen LogP contribution in [0.1, 0.15) is 41.6 Å². The van der Waals surface area contributed by atoms with Crippen molar-refractivity contribution in [3.63, 3.8) is 0 Å². The van der Waals surface area contributed by atoms with Gasteiger partial charge in [0.2, 0.25) is 0 Å². The molecular formula is C20H21N3O2S. The van der Waals surface area contributed by atoms with Gasteiger partial charge < -0.3 is 4.74 Å². The lowest BCUT2D eigenvalue weighted by Crippen LogP contribution is -2.22. The molecule has 0 atom stereocenters. The van der Waals surface area contributed by atoms with Crippen LogP contribution >= 0.6 is 11.3 Å². The normalized spacial score (nSPS) is 14.1.